The van der Waals surface area contributed by atoms with Gasteiger partial charge in [0.1, 0.15) is 0 Å². The highest BCUT2D eigenvalue weighted by molar-refractivity contribution is 9.10. The summed E-state index contributed by atoms with van der Waals surface area (Å²) >= 11 is 3.65. The SMILES string of the molecule is CNCc1ccc(N(CCCO)C(C)C)c(Br)c1. The van der Waals surface area contributed by atoms with E-state index in [9.17, 15) is 0 Å². The van der Waals surface area contributed by atoms with E-state index in [1.165, 1.54) is 11.3 Å². The second-order valence-corrected chi connectivity index (χ2v) is 5.53. The number of benzene rings is 1. The summed E-state index contributed by atoms with van der Waals surface area (Å²) in [5.74, 6) is 0. The molecule has 0 heterocycles. The van der Waals surface area contributed by atoms with Crippen LogP contribution < -0.4 is 10.2 Å². The van der Waals surface area contributed by atoms with E-state index in [0.29, 0.717) is 6.04 Å². The van der Waals surface area contributed by atoms with Crippen LogP contribution in [0, 0.1) is 0 Å². The fourth-order valence-corrected chi connectivity index (χ4v) is 2.65. The average molecular weight is 315 g/mol. The lowest BCUT2D eigenvalue weighted by atomic mass is 10.1. The van der Waals surface area contributed by atoms with E-state index in [0.717, 1.165) is 24.0 Å². The van der Waals surface area contributed by atoms with Gasteiger partial charge in [0, 0.05) is 30.2 Å². The molecule has 1 aromatic rings. The molecule has 1 aromatic carbocycles. The van der Waals surface area contributed by atoms with E-state index in [2.05, 4.69) is 58.2 Å². The second kappa shape index (κ2) is 7.77. The molecule has 18 heavy (non-hydrogen) atoms. The molecule has 0 aromatic heterocycles. The quantitative estimate of drug-likeness (QED) is 0.812. The van der Waals surface area contributed by atoms with E-state index in [-0.39, 0.29) is 6.61 Å². The Labute approximate surface area is 118 Å². The van der Waals surface area contributed by atoms with Crippen LogP contribution in [-0.4, -0.2) is 31.3 Å². The van der Waals surface area contributed by atoms with Crippen LogP contribution in [0.2, 0.25) is 0 Å². The van der Waals surface area contributed by atoms with Gasteiger partial charge in [-0.25, -0.2) is 0 Å². The van der Waals surface area contributed by atoms with Crippen molar-refractivity contribution in [1.82, 2.24) is 5.32 Å². The molecule has 0 saturated carbocycles. The van der Waals surface area contributed by atoms with Crippen molar-refractivity contribution in [3.05, 3.63) is 28.2 Å². The maximum Gasteiger partial charge on any atom is 0.0513 e. The monoisotopic (exact) mass is 314 g/mol. The molecular weight excluding hydrogens is 292 g/mol. The van der Waals surface area contributed by atoms with Crippen molar-refractivity contribution in [3.8, 4) is 0 Å². The minimum atomic E-state index is 0.235. The van der Waals surface area contributed by atoms with Gasteiger partial charge < -0.3 is 15.3 Å². The minimum absolute atomic E-state index is 0.235. The number of aliphatic hydroxyl groups excluding tert-OH is 1. The van der Waals surface area contributed by atoms with Crippen molar-refractivity contribution in [2.24, 2.45) is 0 Å². The highest BCUT2D eigenvalue weighted by Crippen LogP contribution is 2.29. The minimum Gasteiger partial charge on any atom is -0.396 e. The van der Waals surface area contributed by atoms with Crippen LogP contribution in [0.25, 0.3) is 0 Å². The Hall–Kier alpha value is -0.580. The Morgan fingerprint density at radius 2 is 2.11 bits per heavy atom. The average Bonchev–Trinajstić information content (AvgIpc) is 2.32. The first-order valence-corrected chi connectivity index (χ1v) is 7.20. The first-order chi connectivity index (χ1) is 8.60. The maximum absolute atomic E-state index is 8.98. The number of nitrogens with one attached hydrogen (secondary N) is 1. The molecule has 1 rings (SSSR count). The van der Waals surface area contributed by atoms with Crippen LogP contribution in [0.1, 0.15) is 25.8 Å². The summed E-state index contributed by atoms with van der Waals surface area (Å²) < 4.78 is 1.11. The summed E-state index contributed by atoms with van der Waals surface area (Å²) in [6.45, 7) is 6.32. The zero-order chi connectivity index (χ0) is 13.5. The van der Waals surface area contributed by atoms with Crippen LogP contribution in [0.5, 0.6) is 0 Å². The fraction of sp³-hybridized carbons (Fsp3) is 0.571. The zero-order valence-corrected chi connectivity index (χ0v) is 13.0. The number of aliphatic hydroxyl groups is 1. The predicted molar refractivity (Wildman–Crippen MR) is 81.1 cm³/mol. The predicted octanol–water partition coefficient (Wildman–Crippen LogP) is 2.77. The number of hydrogen-bond donors (Lipinski definition) is 2. The van der Waals surface area contributed by atoms with Crippen molar-refractivity contribution in [3.63, 3.8) is 0 Å². The van der Waals surface area contributed by atoms with Gasteiger partial charge in [-0.05, 0) is 60.9 Å². The number of anilines is 1. The van der Waals surface area contributed by atoms with Gasteiger partial charge in [0.25, 0.3) is 0 Å². The lowest BCUT2D eigenvalue weighted by Crippen LogP contribution is -2.32. The van der Waals surface area contributed by atoms with Gasteiger partial charge in [0.05, 0.1) is 5.69 Å². The van der Waals surface area contributed by atoms with Crippen molar-refractivity contribution in [2.45, 2.75) is 32.9 Å². The van der Waals surface area contributed by atoms with Crippen molar-refractivity contribution in [2.75, 3.05) is 25.1 Å². The Kier molecular flexibility index (Phi) is 6.68. The molecule has 0 aliphatic rings. The molecule has 2 N–H and O–H groups in total. The fourth-order valence-electron chi connectivity index (χ4n) is 2.00. The molecule has 0 amide bonds. The molecule has 0 unspecified atom stereocenters. The molecule has 0 bridgehead atoms. The summed E-state index contributed by atoms with van der Waals surface area (Å²) in [6, 6.07) is 6.86. The summed E-state index contributed by atoms with van der Waals surface area (Å²) in [4.78, 5) is 2.31. The third-order valence-corrected chi connectivity index (χ3v) is 3.52. The van der Waals surface area contributed by atoms with Crippen LogP contribution in [-0.2, 0) is 6.54 Å². The second-order valence-electron chi connectivity index (χ2n) is 4.68. The van der Waals surface area contributed by atoms with Crippen molar-refractivity contribution < 1.29 is 5.11 Å². The van der Waals surface area contributed by atoms with Gasteiger partial charge in [0.15, 0.2) is 0 Å². The van der Waals surface area contributed by atoms with Gasteiger partial charge >= 0.3 is 0 Å². The molecule has 0 spiro atoms. The van der Waals surface area contributed by atoms with Crippen LogP contribution in [0.15, 0.2) is 22.7 Å². The Morgan fingerprint density at radius 1 is 1.39 bits per heavy atom. The van der Waals surface area contributed by atoms with Crippen LogP contribution in [0.3, 0.4) is 0 Å². The van der Waals surface area contributed by atoms with Crippen LogP contribution in [0.4, 0.5) is 5.69 Å². The first-order valence-electron chi connectivity index (χ1n) is 6.40. The number of nitrogens with zero attached hydrogens (tertiary/aromatic N) is 1. The zero-order valence-electron chi connectivity index (χ0n) is 11.4. The summed E-state index contributed by atoms with van der Waals surface area (Å²) in [6.07, 6.45) is 0.795. The molecule has 102 valence electrons. The van der Waals surface area contributed by atoms with Gasteiger partial charge in [-0.3, -0.25) is 0 Å². The highest BCUT2D eigenvalue weighted by Gasteiger charge is 2.13. The summed E-state index contributed by atoms with van der Waals surface area (Å²) in [5.41, 5.74) is 2.46. The van der Waals surface area contributed by atoms with E-state index in [1.54, 1.807) is 0 Å². The molecule has 3 nitrogen and oxygen atoms in total. The Bertz CT molecular complexity index is 369. The first kappa shape index (κ1) is 15.5. The standard InChI is InChI=1S/C14H23BrN2O/c1-11(2)17(7-4-8-18)14-6-5-12(10-16-3)9-13(14)15/h5-6,9,11,16,18H,4,7-8,10H2,1-3H3. The van der Waals surface area contributed by atoms with Crippen molar-refractivity contribution in [1.29, 1.82) is 0 Å². The van der Waals surface area contributed by atoms with Crippen molar-refractivity contribution >= 4 is 21.6 Å². The molecule has 0 saturated heterocycles. The number of rotatable bonds is 7. The topological polar surface area (TPSA) is 35.5 Å². The van der Waals surface area contributed by atoms with E-state index in [4.69, 9.17) is 5.11 Å². The van der Waals surface area contributed by atoms with Crippen LogP contribution >= 0.6 is 15.9 Å². The number of hydrogen-bond acceptors (Lipinski definition) is 3. The molecule has 0 aliphatic carbocycles. The lowest BCUT2D eigenvalue weighted by molar-refractivity contribution is 0.288. The summed E-state index contributed by atoms with van der Waals surface area (Å²) in [7, 11) is 1.95. The normalized spacial score (nSPS) is 11.0. The Balaban J connectivity index is 2.90. The summed E-state index contributed by atoms with van der Waals surface area (Å²) in [5, 5.41) is 12.1. The van der Waals surface area contributed by atoms with E-state index < -0.39 is 0 Å². The smallest absolute Gasteiger partial charge is 0.0513 e. The lowest BCUT2D eigenvalue weighted by Gasteiger charge is -2.30. The number of halogens is 1. The van der Waals surface area contributed by atoms with E-state index >= 15 is 0 Å². The third kappa shape index (κ3) is 4.26. The molecule has 0 atom stereocenters. The molecule has 0 fully saturated rings. The van der Waals surface area contributed by atoms with Gasteiger partial charge in [-0.1, -0.05) is 6.07 Å². The maximum atomic E-state index is 8.98. The van der Waals surface area contributed by atoms with Gasteiger partial charge in [0.2, 0.25) is 0 Å². The molecule has 0 aliphatic heterocycles. The highest BCUT2D eigenvalue weighted by atomic mass is 79.9. The van der Waals surface area contributed by atoms with Gasteiger partial charge in [-0.2, -0.15) is 0 Å². The third-order valence-electron chi connectivity index (χ3n) is 2.88. The Morgan fingerprint density at radius 3 is 2.61 bits per heavy atom. The van der Waals surface area contributed by atoms with Gasteiger partial charge in [-0.15, -0.1) is 0 Å². The molecular formula is C14H23BrN2O. The largest absolute Gasteiger partial charge is 0.396 e. The molecule has 0 radical (unpaired) electrons. The molecule has 4 heteroatoms. The van der Waals surface area contributed by atoms with E-state index in [1.807, 2.05) is 7.05 Å².